The molecule has 1 aliphatic rings. The number of pyridine rings is 1. The molecule has 1 fully saturated rings. The molecule has 0 radical (unpaired) electrons. The van der Waals surface area contributed by atoms with Gasteiger partial charge in [-0.25, -0.2) is 4.98 Å². The molecule has 1 atom stereocenters. The number of nitrogens with two attached hydrogens (primary N) is 1. The first-order chi connectivity index (χ1) is 9.81. The molecule has 1 saturated heterocycles. The Labute approximate surface area is 119 Å². The third-order valence-electron chi connectivity index (χ3n) is 4.08. The Morgan fingerprint density at radius 3 is 3.00 bits per heavy atom. The molecule has 1 aromatic heterocycles. The highest BCUT2D eigenvalue weighted by molar-refractivity contribution is 5.81. The van der Waals surface area contributed by atoms with Crippen molar-refractivity contribution in [1.29, 1.82) is 0 Å². The molecular weight excluding hydrogens is 250 g/mol. The maximum absolute atomic E-state index is 9.38. The molecule has 0 saturated carbocycles. The Morgan fingerprint density at radius 1 is 1.35 bits per heavy atom. The van der Waals surface area contributed by atoms with Crippen molar-refractivity contribution in [3.8, 4) is 0 Å². The zero-order valence-corrected chi connectivity index (χ0v) is 11.6. The molecule has 1 aromatic carbocycles. The fourth-order valence-corrected chi connectivity index (χ4v) is 2.98. The molecule has 20 heavy (non-hydrogen) atoms. The summed E-state index contributed by atoms with van der Waals surface area (Å²) >= 11 is 0. The lowest BCUT2D eigenvalue weighted by Crippen LogP contribution is -2.38. The van der Waals surface area contributed by atoms with E-state index >= 15 is 0 Å². The van der Waals surface area contributed by atoms with Crippen LogP contribution in [0.25, 0.3) is 10.9 Å². The molecule has 0 spiro atoms. The normalized spacial score (nSPS) is 19.5. The van der Waals surface area contributed by atoms with Gasteiger partial charge in [0.2, 0.25) is 0 Å². The van der Waals surface area contributed by atoms with Gasteiger partial charge in [-0.2, -0.15) is 0 Å². The third-order valence-corrected chi connectivity index (χ3v) is 4.08. The van der Waals surface area contributed by atoms with Crippen LogP contribution in [-0.2, 0) is 6.54 Å². The number of rotatable bonds is 3. The summed E-state index contributed by atoms with van der Waals surface area (Å²) < 4.78 is 0. The predicted octanol–water partition coefficient (Wildman–Crippen LogP) is 1.90. The standard InChI is InChI=1S/C16H21N3O/c17-9-14-8-13-5-1-2-6-15(13)18-16(14)19-7-3-4-12(10-19)11-20/h1-2,5-6,8,12,20H,3-4,7,9-11,17H2. The smallest absolute Gasteiger partial charge is 0.133 e. The highest BCUT2D eigenvalue weighted by atomic mass is 16.3. The van der Waals surface area contributed by atoms with Crippen molar-refractivity contribution < 1.29 is 5.11 Å². The fourth-order valence-electron chi connectivity index (χ4n) is 2.98. The zero-order valence-electron chi connectivity index (χ0n) is 11.6. The largest absolute Gasteiger partial charge is 0.396 e. The molecule has 4 nitrogen and oxygen atoms in total. The number of fused-ring (bicyclic) bond motifs is 1. The van der Waals surface area contributed by atoms with E-state index in [0.29, 0.717) is 12.5 Å². The Bertz CT molecular complexity index is 599. The summed E-state index contributed by atoms with van der Waals surface area (Å²) in [4.78, 5) is 7.08. The molecule has 2 heterocycles. The van der Waals surface area contributed by atoms with Gasteiger partial charge in [-0.3, -0.25) is 0 Å². The second kappa shape index (κ2) is 5.77. The van der Waals surface area contributed by atoms with E-state index in [-0.39, 0.29) is 6.61 Å². The Hall–Kier alpha value is -1.65. The van der Waals surface area contributed by atoms with Crippen molar-refractivity contribution >= 4 is 16.7 Å². The number of piperidine rings is 1. The minimum Gasteiger partial charge on any atom is -0.396 e. The fraction of sp³-hybridized carbons (Fsp3) is 0.438. The Kier molecular flexibility index (Phi) is 3.85. The summed E-state index contributed by atoms with van der Waals surface area (Å²) in [6, 6.07) is 10.3. The molecular formula is C16H21N3O. The van der Waals surface area contributed by atoms with Crippen molar-refractivity contribution in [2.75, 3.05) is 24.6 Å². The van der Waals surface area contributed by atoms with Crippen molar-refractivity contribution in [3.05, 3.63) is 35.9 Å². The van der Waals surface area contributed by atoms with E-state index in [1.165, 1.54) is 0 Å². The van der Waals surface area contributed by atoms with Crippen LogP contribution in [0.4, 0.5) is 5.82 Å². The maximum Gasteiger partial charge on any atom is 0.133 e. The van der Waals surface area contributed by atoms with Crippen LogP contribution in [-0.4, -0.2) is 29.8 Å². The van der Waals surface area contributed by atoms with Crippen LogP contribution in [0.2, 0.25) is 0 Å². The van der Waals surface area contributed by atoms with Gasteiger partial charge in [-0.15, -0.1) is 0 Å². The van der Waals surface area contributed by atoms with Crippen molar-refractivity contribution in [1.82, 2.24) is 4.98 Å². The van der Waals surface area contributed by atoms with Crippen LogP contribution in [0.1, 0.15) is 18.4 Å². The van der Waals surface area contributed by atoms with Crippen molar-refractivity contribution in [2.24, 2.45) is 11.7 Å². The van der Waals surface area contributed by atoms with E-state index in [9.17, 15) is 5.11 Å². The van der Waals surface area contributed by atoms with Gasteiger partial charge in [0.1, 0.15) is 5.82 Å². The third kappa shape index (κ3) is 2.49. The molecule has 1 unspecified atom stereocenters. The van der Waals surface area contributed by atoms with E-state index in [1.54, 1.807) is 0 Å². The monoisotopic (exact) mass is 271 g/mol. The van der Waals surface area contributed by atoms with Crippen molar-refractivity contribution in [3.63, 3.8) is 0 Å². The van der Waals surface area contributed by atoms with Gasteiger partial charge < -0.3 is 15.7 Å². The second-order valence-corrected chi connectivity index (χ2v) is 5.50. The number of hydrogen-bond acceptors (Lipinski definition) is 4. The molecule has 1 aliphatic heterocycles. The minimum absolute atomic E-state index is 0.252. The van der Waals surface area contributed by atoms with Crippen LogP contribution < -0.4 is 10.6 Å². The number of aliphatic hydroxyl groups excluding tert-OH is 1. The van der Waals surface area contributed by atoms with Gasteiger partial charge >= 0.3 is 0 Å². The van der Waals surface area contributed by atoms with Gasteiger partial charge in [0, 0.05) is 37.2 Å². The summed E-state index contributed by atoms with van der Waals surface area (Å²) in [7, 11) is 0. The van der Waals surface area contributed by atoms with Gasteiger partial charge in [0.15, 0.2) is 0 Å². The summed E-state index contributed by atoms with van der Waals surface area (Å²) in [6.45, 7) is 2.61. The summed E-state index contributed by atoms with van der Waals surface area (Å²) in [6.07, 6.45) is 2.20. The summed E-state index contributed by atoms with van der Waals surface area (Å²) in [5.41, 5.74) is 7.99. The summed E-state index contributed by atoms with van der Waals surface area (Å²) in [5, 5.41) is 10.5. The quantitative estimate of drug-likeness (QED) is 0.895. The van der Waals surface area contributed by atoms with Gasteiger partial charge in [0.25, 0.3) is 0 Å². The van der Waals surface area contributed by atoms with E-state index in [0.717, 1.165) is 48.2 Å². The van der Waals surface area contributed by atoms with E-state index in [2.05, 4.69) is 17.0 Å². The predicted molar refractivity (Wildman–Crippen MR) is 81.7 cm³/mol. The lowest BCUT2D eigenvalue weighted by atomic mass is 9.98. The molecule has 106 valence electrons. The molecule has 2 aromatic rings. The molecule has 3 rings (SSSR count). The van der Waals surface area contributed by atoms with E-state index in [1.807, 2.05) is 18.2 Å². The van der Waals surface area contributed by atoms with Crippen LogP contribution in [0.5, 0.6) is 0 Å². The number of nitrogens with zero attached hydrogens (tertiary/aromatic N) is 2. The first kappa shape index (κ1) is 13.3. The maximum atomic E-state index is 9.38. The lowest BCUT2D eigenvalue weighted by Gasteiger charge is -2.34. The average Bonchev–Trinajstić information content (AvgIpc) is 2.53. The molecule has 4 heteroatoms. The van der Waals surface area contributed by atoms with Crippen LogP contribution >= 0.6 is 0 Å². The van der Waals surface area contributed by atoms with Crippen LogP contribution in [0, 0.1) is 5.92 Å². The van der Waals surface area contributed by atoms with Gasteiger partial charge in [0.05, 0.1) is 5.52 Å². The summed E-state index contributed by atoms with van der Waals surface area (Å²) in [5.74, 6) is 1.34. The van der Waals surface area contributed by atoms with E-state index < -0.39 is 0 Å². The highest BCUT2D eigenvalue weighted by Crippen LogP contribution is 2.27. The topological polar surface area (TPSA) is 62.4 Å². The lowest BCUT2D eigenvalue weighted by molar-refractivity contribution is 0.208. The Morgan fingerprint density at radius 2 is 2.20 bits per heavy atom. The number of hydrogen-bond donors (Lipinski definition) is 2. The van der Waals surface area contributed by atoms with Gasteiger partial charge in [-0.1, -0.05) is 18.2 Å². The first-order valence-corrected chi connectivity index (χ1v) is 7.26. The van der Waals surface area contributed by atoms with E-state index in [4.69, 9.17) is 10.7 Å². The minimum atomic E-state index is 0.252. The molecule has 0 amide bonds. The zero-order chi connectivity index (χ0) is 13.9. The van der Waals surface area contributed by atoms with Gasteiger partial charge in [-0.05, 0) is 30.9 Å². The SMILES string of the molecule is NCc1cc2ccccc2nc1N1CCCC(CO)C1. The van der Waals surface area contributed by atoms with Crippen LogP contribution in [0.15, 0.2) is 30.3 Å². The average molecular weight is 271 g/mol. The molecule has 0 aliphatic carbocycles. The number of aromatic nitrogens is 1. The van der Waals surface area contributed by atoms with Crippen molar-refractivity contribution in [2.45, 2.75) is 19.4 Å². The number of anilines is 1. The highest BCUT2D eigenvalue weighted by Gasteiger charge is 2.22. The Balaban J connectivity index is 2.00. The molecule has 3 N–H and O–H groups in total. The molecule has 0 bridgehead atoms. The number of aliphatic hydroxyl groups is 1. The second-order valence-electron chi connectivity index (χ2n) is 5.50. The van der Waals surface area contributed by atoms with Crippen LogP contribution in [0.3, 0.4) is 0 Å². The number of benzene rings is 1. The number of para-hydroxylation sites is 1. The first-order valence-electron chi connectivity index (χ1n) is 7.26.